The number of anilines is 1. The van der Waals surface area contributed by atoms with Crippen molar-refractivity contribution in [2.24, 2.45) is 0 Å². The molecule has 0 radical (unpaired) electrons. The number of nitrogens with one attached hydrogen (secondary N) is 2. The standard InChI is InChI=1S/C17H12N2O4S/c20-17-14(8-10-1-3-15-11(7-10)5-6-18-15)13-9-12(24(21,22)23)2-4-16(13)19-17/h1-9,18H,(H,19,20)(H,21,22,23). The molecular formula is C17H12N2O4S. The highest BCUT2D eigenvalue weighted by atomic mass is 32.2. The molecule has 6 nitrogen and oxygen atoms in total. The van der Waals surface area contributed by atoms with E-state index in [1.54, 1.807) is 6.08 Å². The smallest absolute Gasteiger partial charge is 0.294 e. The lowest BCUT2D eigenvalue weighted by molar-refractivity contribution is -0.110. The molecule has 0 saturated heterocycles. The number of hydrogen-bond donors (Lipinski definition) is 3. The average molecular weight is 340 g/mol. The van der Waals surface area contributed by atoms with Gasteiger partial charge < -0.3 is 10.3 Å². The molecule has 4 rings (SSSR count). The molecule has 0 spiro atoms. The molecule has 120 valence electrons. The molecule has 24 heavy (non-hydrogen) atoms. The fraction of sp³-hybridized carbons (Fsp3) is 0. The van der Waals surface area contributed by atoms with Gasteiger partial charge in [-0.3, -0.25) is 9.35 Å². The molecule has 1 amide bonds. The Kier molecular flexibility index (Phi) is 3.09. The van der Waals surface area contributed by atoms with Gasteiger partial charge in [-0.05, 0) is 53.4 Å². The molecule has 1 aliphatic rings. The number of fused-ring (bicyclic) bond motifs is 2. The van der Waals surface area contributed by atoms with Crippen LogP contribution in [0.4, 0.5) is 5.69 Å². The summed E-state index contributed by atoms with van der Waals surface area (Å²) in [5, 5.41) is 3.70. The van der Waals surface area contributed by atoms with E-state index in [2.05, 4.69) is 10.3 Å². The van der Waals surface area contributed by atoms with Crippen molar-refractivity contribution in [3.63, 3.8) is 0 Å². The third-order valence-electron chi connectivity index (χ3n) is 3.96. The second kappa shape index (κ2) is 5.05. The third kappa shape index (κ3) is 2.40. The van der Waals surface area contributed by atoms with Crippen LogP contribution in [0.2, 0.25) is 0 Å². The highest BCUT2D eigenvalue weighted by Gasteiger charge is 2.26. The molecule has 7 heteroatoms. The lowest BCUT2D eigenvalue weighted by Crippen LogP contribution is -2.03. The second-order valence-electron chi connectivity index (χ2n) is 5.52. The molecule has 1 aromatic heterocycles. The molecule has 3 N–H and O–H groups in total. The molecule has 1 aliphatic heterocycles. The zero-order chi connectivity index (χ0) is 16.9. The molecule has 0 fully saturated rings. The first-order chi connectivity index (χ1) is 11.4. The maximum Gasteiger partial charge on any atom is 0.294 e. The van der Waals surface area contributed by atoms with E-state index in [9.17, 15) is 17.8 Å². The molecule has 0 bridgehead atoms. The van der Waals surface area contributed by atoms with Crippen LogP contribution in [0.5, 0.6) is 0 Å². The second-order valence-corrected chi connectivity index (χ2v) is 6.94. The Balaban J connectivity index is 1.85. The number of carbonyl (C=O) groups is 1. The zero-order valence-corrected chi connectivity index (χ0v) is 13.1. The Bertz CT molecular complexity index is 1130. The van der Waals surface area contributed by atoms with Gasteiger partial charge in [-0.1, -0.05) is 6.07 Å². The normalized spacial score (nSPS) is 15.7. The average Bonchev–Trinajstić information content (AvgIpc) is 3.10. The first kappa shape index (κ1) is 14.7. The van der Waals surface area contributed by atoms with Crippen molar-refractivity contribution >= 4 is 44.3 Å². The van der Waals surface area contributed by atoms with E-state index in [1.807, 2.05) is 30.5 Å². The van der Waals surface area contributed by atoms with Gasteiger partial charge in [-0.25, -0.2) is 0 Å². The quantitative estimate of drug-likeness (QED) is 0.493. The summed E-state index contributed by atoms with van der Waals surface area (Å²) >= 11 is 0. The van der Waals surface area contributed by atoms with Crippen LogP contribution in [-0.2, 0) is 14.9 Å². The maximum atomic E-state index is 12.2. The fourth-order valence-electron chi connectivity index (χ4n) is 2.80. The Labute approximate surface area is 137 Å². The summed E-state index contributed by atoms with van der Waals surface area (Å²) in [6.07, 6.45) is 3.53. The van der Waals surface area contributed by atoms with E-state index in [0.717, 1.165) is 16.5 Å². The molecule has 2 aromatic carbocycles. The SMILES string of the molecule is O=C1Nc2ccc(S(=O)(=O)O)cc2C1=Cc1ccc2[nH]ccc2c1. The molecule has 0 aliphatic carbocycles. The van der Waals surface area contributed by atoms with Crippen LogP contribution in [-0.4, -0.2) is 23.9 Å². The maximum absolute atomic E-state index is 12.2. The Morgan fingerprint density at radius 3 is 2.67 bits per heavy atom. The third-order valence-corrected chi connectivity index (χ3v) is 4.81. The van der Waals surface area contributed by atoms with Crippen LogP contribution in [0, 0.1) is 0 Å². The van der Waals surface area contributed by atoms with E-state index in [4.69, 9.17) is 0 Å². The van der Waals surface area contributed by atoms with Crippen LogP contribution >= 0.6 is 0 Å². The summed E-state index contributed by atoms with van der Waals surface area (Å²) in [5.74, 6) is -0.313. The van der Waals surface area contributed by atoms with Crippen molar-refractivity contribution in [1.29, 1.82) is 0 Å². The van der Waals surface area contributed by atoms with E-state index in [-0.39, 0.29) is 10.8 Å². The summed E-state index contributed by atoms with van der Waals surface area (Å²) in [6.45, 7) is 0. The van der Waals surface area contributed by atoms with Crippen LogP contribution in [0.15, 0.2) is 53.6 Å². The Hall–Kier alpha value is -2.90. The number of aromatic amines is 1. The number of H-pyrrole nitrogens is 1. The van der Waals surface area contributed by atoms with E-state index >= 15 is 0 Å². The van der Waals surface area contributed by atoms with Crippen molar-refractivity contribution in [3.8, 4) is 0 Å². The monoisotopic (exact) mass is 340 g/mol. The first-order valence-corrected chi connectivity index (χ1v) is 8.58. The number of benzene rings is 2. The van der Waals surface area contributed by atoms with E-state index in [0.29, 0.717) is 16.8 Å². The summed E-state index contributed by atoms with van der Waals surface area (Å²) in [7, 11) is -4.33. The van der Waals surface area contributed by atoms with E-state index in [1.165, 1.54) is 18.2 Å². The first-order valence-electron chi connectivity index (χ1n) is 7.14. The fourth-order valence-corrected chi connectivity index (χ4v) is 3.31. The number of aromatic nitrogens is 1. The van der Waals surface area contributed by atoms with Crippen LogP contribution < -0.4 is 5.32 Å². The zero-order valence-electron chi connectivity index (χ0n) is 12.3. The minimum atomic E-state index is -4.33. The number of rotatable bonds is 2. The van der Waals surface area contributed by atoms with Gasteiger partial charge in [0, 0.05) is 28.5 Å². The van der Waals surface area contributed by atoms with Crippen molar-refractivity contribution in [2.45, 2.75) is 4.90 Å². The summed E-state index contributed by atoms with van der Waals surface area (Å²) in [5.41, 5.74) is 3.12. The van der Waals surface area contributed by atoms with Crippen molar-refractivity contribution < 1.29 is 17.8 Å². The molecule has 0 saturated carbocycles. The summed E-state index contributed by atoms with van der Waals surface area (Å²) in [6, 6.07) is 11.6. The van der Waals surface area contributed by atoms with Gasteiger partial charge in [0.15, 0.2) is 0 Å². The number of hydrogen-bond acceptors (Lipinski definition) is 3. The highest BCUT2D eigenvalue weighted by Crippen LogP contribution is 2.35. The summed E-state index contributed by atoms with van der Waals surface area (Å²) in [4.78, 5) is 15.1. The van der Waals surface area contributed by atoms with E-state index < -0.39 is 10.1 Å². The number of amides is 1. The van der Waals surface area contributed by atoms with Gasteiger partial charge in [0.2, 0.25) is 0 Å². The largest absolute Gasteiger partial charge is 0.361 e. The van der Waals surface area contributed by atoms with Gasteiger partial charge in [0.25, 0.3) is 16.0 Å². The van der Waals surface area contributed by atoms with Crippen molar-refractivity contribution in [1.82, 2.24) is 4.98 Å². The Morgan fingerprint density at radius 1 is 1.04 bits per heavy atom. The van der Waals surface area contributed by atoms with Crippen LogP contribution in [0.1, 0.15) is 11.1 Å². The minimum absolute atomic E-state index is 0.246. The summed E-state index contributed by atoms with van der Waals surface area (Å²) < 4.78 is 31.8. The molecular weight excluding hydrogens is 328 g/mol. The van der Waals surface area contributed by atoms with Crippen molar-refractivity contribution in [2.75, 3.05) is 5.32 Å². The molecule has 0 atom stereocenters. The lowest BCUT2D eigenvalue weighted by atomic mass is 10.0. The molecule has 2 heterocycles. The predicted molar refractivity (Wildman–Crippen MR) is 91.1 cm³/mol. The van der Waals surface area contributed by atoms with Gasteiger partial charge in [0.05, 0.1) is 4.90 Å². The minimum Gasteiger partial charge on any atom is -0.361 e. The van der Waals surface area contributed by atoms with Gasteiger partial charge in [-0.2, -0.15) is 8.42 Å². The van der Waals surface area contributed by atoms with Gasteiger partial charge in [-0.15, -0.1) is 0 Å². The number of carbonyl (C=O) groups excluding carboxylic acids is 1. The van der Waals surface area contributed by atoms with Gasteiger partial charge in [0.1, 0.15) is 0 Å². The molecule has 0 unspecified atom stereocenters. The lowest BCUT2D eigenvalue weighted by Gasteiger charge is -2.02. The van der Waals surface area contributed by atoms with Crippen LogP contribution in [0.25, 0.3) is 22.6 Å². The van der Waals surface area contributed by atoms with Crippen molar-refractivity contribution in [3.05, 3.63) is 59.8 Å². The van der Waals surface area contributed by atoms with Crippen LogP contribution in [0.3, 0.4) is 0 Å². The highest BCUT2D eigenvalue weighted by molar-refractivity contribution is 7.85. The van der Waals surface area contributed by atoms with Gasteiger partial charge >= 0.3 is 0 Å². The Morgan fingerprint density at radius 2 is 1.88 bits per heavy atom. The predicted octanol–water partition coefficient (Wildman–Crippen LogP) is 2.91. The molecule has 3 aromatic rings. The topological polar surface area (TPSA) is 99.3 Å².